The van der Waals surface area contributed by atoms with E-state index in [1.807, 2.05) is 18.2 Å². The summed E-state index contributed by atoms with van der Waals surface area (Å²) in [5.41, 5.74) is 3.59. The molecule has 0 unspecified atom stereocenters. The highest BCUT2D eigenvalue weighted by atomic mass is 16.4. The lowest BCUT2D eigenvalue weighted by atomic mass is 10.1. The Bertz CT molecular complexity index is 363. The molecule has 1 aromatic rings. The molecule has 1 heterocycles. The highest BCUT2D eigenvalue weighted by Crippen LogP contribution is 2.16. The topological polar surface area (TPSA) is 61.4 Å². The molecule has 0 aliphatic carbocycles. The van der Waals surface area contributed by atoms with Crippen molar-refractivity contribution in [2.45, 2.75) is 19.6 Å². The first-order valence-corrected chi connectivity index (χ1v) is 4.54. The SMILES string of the molecule is O=C(O)NCc1ccc2c(c1)CNC2. The molecular formula is C10H12N2O2. The average molecular weight is 192 g/mol. The highest BCUT2D eigenvalue weighted by Gasteiger charge is 2.09. The summed E-state index contributed by atoms with van der Waals surface area (Å²) in [6, 6.07) is 6.06. The molecule has 0 fully saturated rings. The fourth-order valence-electron chi connectivity index (χ4n) is 1.64. The molecular weight excluding hydrogens is 180 g/mol. The van der Waals surface area contributed by atoms with E-state index >= 15 is 0 Å². The summed E-state index contributed by atoms with van der Waals surface area (Å²) in [6.45, 7) is 2.18. The van der Waals surface area contributed by atoms with E-state index in [1.165, 1.54) is 11.1 Å². The van der Waals surface area contributed by atoms with Crippen LogP contribution in [0.4, 0.5) is 4.79 Å². The monoisotopic (exact) mass is 192 g/mol. The van der Waals surface area contributed by atoms with Crippen LogP contribution in [0.5, 0.6) is 0 Å². The summed E-state index contributed by atoms with van der Waals surface area (Å²) in [5.74, 6) is 0. The van der Waals surface area contributed by atoms with Crippen molar-refractivity contribution in [3.8, 4) is 0 Å². The molecule has 74 valence electrons. The van der Waals surface area contributed by atoms with E-state index in [4.69, 9.17) is 5.11 Å². The standard InChI is InChI=1S/C10H12N2O2/c13-10(14)12-4-7-1-2-8-5-11-6-9(8)3-7/h1-3,11-12H,4-6H2,(H,13,14). The minimum absolute atomic E-state index is 0.378. The van der Waals surface area contributed by atoms with Crippen LogP contribution in [0.3, 0.4) is 0 Å². The van der Waals surface area contributed by atoms with Crippen LogP contribution in [0.1, 0.15) is 16.7 Å². The third kappa shape index (κ3) is 1.85. The highest BCUT2D eigenvalue weighted by molar-refractivity contribution is 5.64. The Morgan fingerprint density at radius 2 is 2.21 bits per heavy atom. The number of amides is 1. The predicted molar refractivity (Wildman–Crippen MR) is 51.9 cm³/mol. The van der Waals surface area contributed by atoms with Crippen LogP contribution >= 0.6 is 0 Å². The lowest BCUT2D eigenvalue weighted by Gasteiger charge is -2.03. The zero-order chi connectivity index (χ0) is 9.97. The van der Waals surface area contributed by atoms with Gasteiger partial charge in [0.15, 0.2) is 0 Å². The van der Waals surface area contributed by atoms with Crippen molar-refractivity contribution >= 4 is 6.09 Å². The van der Waals surface area contributed by atoms with E-state index in [-0.39, 0.29) is 0 Å². The van der Waals surface area contributed by atoms with Crippen LogP contribution in [0.2, 0.25) is 0 Å². The zero-order valence-corrected chi connectivity index (χ0v) is 7.71. The molecule has 0 radical (unpaired) electrons. The van der Waals surface area contributed by atoms with Crippen molar-refractivity contribution in [2.75, 3.05) is 0 Å². The summed E-state index contributed by atoms with van der Waals surface area (Å²) in [4.78, 5) is 10.3. The van der Waals surface area contributed by atoms with Crippen LogP contribution < -0.4 is 10.6 Å². The first-order chi connectivity index (χ1) is 6.75. The zero-order valence-electron chi connectivity index (χ0n) is 7.71. The lowest BCUT2D eigenvalue weighted by molar-refractivity contribution is 0.194. The van der Waals surface area contributed by atoms with Gasteiger partial charge in [-0.2, -0.15) is 0 Å². The molecule has 0 saturated carbocycles. The van der Waals surface area contributed by atoms with Crippen molar-refractivity contribution in [3.05, 3.63) is 34.9 Å². The summed E-state index contributed by atoms with van der Waals surface area (Å²) in [5, 5.41) is 14.0. The maximum Gasteiger partial charge on any atom is 0.404 e. The molecule has 1 aromatic carbocycles. The summed E-state index contributed by atoms with van der Waals surface area (Å²) >= 11 is 0. The fourth-order valence-corrected chi connectivity index (χ4v) is 1.64. The molecule has 14 heavy (non-hydrogen) atoms. The second-order valence-electron chi connectivity index (χ2n) is 3.37. The van der Waals surface area contributed by atoms with Crippen molar-refractivity contribution in [2.24, 2.45) is 0 Å². The quantitative estimate of drug-likeness (QED) is 0.656. The molecule has 4 nitrogen and oxygen atoms in total. The largest absolute Gasteiger partial charge is 0.465 e. The van der Waals surface area contributed by atoms with Gasteiger partial charge in [0.1, 0.15) is 0 Å². The Balaban J connectivity index is 2.09. The minimum Gasteiger partial charge on any atom is -0.465 e. The van der Waals surface area contributed by atoms with Crippen LogP contribution in [-0.2, 0) is 19.6 Å². The number of fused-ring (bicyclic) bond motifs is 1. The summed E-state index contributed by atoms with van der Waals surface area (Å²) in [6.07, 6.45) is -0.983. The van der Waals surface area contributed by atoms with Crippen molar-refractivity contribution in [1.29, 1.82) is 0 Å². The number of rotatable bonds is 2. The third-order valence-corrected chi connectivity index (χ3v) is 2.35. The van der Waals surface area contributed by atoms with Crippen molar-refractivity contribution in [1.82, 2.24) is 10.6 Å². The first-order valence-electron chi connectivity index (χ1n) is 4.54. The molecule has 1 aliphatic heterocycles. The second-order valence-corrected chi connectivity index (χ2v) is 3.37. The molecule has 1 amide bonds. The number of carboxylic acid groups (broad SMARTS) is 1. The van der Waals surface area contributed by atoms with Gasteiger partial charge in [-0.3, -0.25) is 0 Å². The predicted octanol–water partition coefficient (Wildman–Crippen LogP) is 1.06. The normalized spacial score (nSPS) is 13.7. The van der Waals surface area contributed by atoms with E-state index in [0.29, 0.717) is 6.54 Å². The van der Waals surface area contributed by atoms with Crippen molar-refractivity contribution < 1.29 is 9.90 Å². The maximum absolute atomic E-state index is 10.3. The molecule has 0 saturated heterocycles. The molecule has 0 aromatic heterocycles. The minimum atomic E-state index is -0.983. The van der Waals surface area contributed by atoms with Gasteiger partial charge in [-0.05, 0) is 16.7 Å². The number of benzene rings is 1. The van der Waals surface area contributed by atoms with Gasteiger partial charge in [-0.25, -0.2) is 4.79 Å². The van der Waals surface area contributed by atoms with Gasteiger partial charge in [0, 0.05) is 19.6 Å². The number of carbonyl (C=O) groups is 1. The van der Waals surface area contributed by atoms with Gasteiger partial charge in [-0.1, -0.05) is 18.2 Å². The van der Waals surface area contributed by atoms with Gasteiger partial charge in [0.2, 0.25) is 0 Å². The molecule has 3 N–H and O–H groups in total. The molecule has 2 rings (SSSR count). The van der Waals surface area contributed by atoms with Gasteiger partial charge < -0.3 is 15.7 Å². The third-order valence-electron chi connectivity index (χ3n) is 2.35. The van der Waals surface area contributed by atoms with Gasteiger partial charge in [-0.15, -0.1) is 0 Å². The van der Waals surface area contributed by atoms with Gasteiger partial charge in [0.05, 0.1) is 0 Å². The van der Waals surface area contributed by atoms with Crippen LogP contribution in [-0.4, -0.2) is 11.2 Å². The van der Waals surface area contributed by atoms with Crippen molar-refractivity contribution in [3.63, 3.8) is 0 Å². The first kappa shape index (κ1) is 9.02. The molecule has 0 atom stereocenters. The van der Waals surface area contributed by atoms with Gasteiger partial charge >= 0.3 is 6.09 Å². The Morgan fingerprint density at radius 1 is 1.43 bits per heavy atom. The molecule has 1 aliphatic rings. The second kappa shape index (κ2) is 3.67. The maximum atomic E-state index is 10.3. The van der Waals surface area contributed by atoms with E-state index < -0.39 is 6.09 Å². The number of hydrogen-bond acceptors (Lipinski definition) is 2. The smallest absolute Gasteiger partial charge is 0.404 e. The van der Waals surface area contributed by atoms with E-state index in [1.54, 1.807) is 0 Å². The molecule has 0 bridgehead atoms. The Hall–Kier alpha value is -1.55. The van der Waals surface area contributed by atoms with Crippen LogP contribution in [0.25, 0.3) is 0 Å². The summed E-state index contributed by atoms with van der Waals surface area (Å²) in [7, 11) is 0. The van der Waals surface area contributed by atoms with Gasteiger partial charge in [0.25, 0.3) is 0 Å². The van der Waals surface area contributed by atoms with E-state index in [9.17, 15) is 4.79 Å². The lowest BCUT2D eigenvalue weighted by Crippen LogP contribution is -2.19. The number of hydrogen-bond donors (Lipinski definition) is 3. The Morgan fingerprint density at radius 3 is 3.00 bits per heavy atom. The van der Waals surface area contributed by atoms with E-state index in [0.717, 1.165) is 18.7 Å². The summed E-state index contributed by atoms with van der Waals surface area (Å²) < 4.78 is 0. The van der Waals surface area contributed by atoms with Crippen LogP contribution in [0.15, 0.2) is 18.2 Å². The number of nitrogens with one attached hydrogen (secondary N) is 2. The average Bonchev–Trinajstić information content (AvgIpc) is 2.61. The van der Waals surface area contributed by atoms with Crippen LogP contribution in [0, 0.1) is 0 Å². The molecule has 4 heteroatoms. The Labute approximate surface area is 81.9 Å². The Kier molecular flexibility index (Phi) is 2.37. The van der Waals surface area contributed by atoms with E-state index in [2.05, 4.69) is 10.6 Å². The molecule has 0 spiro atoms. The fraction of sp³-hybridized carbons (Fsp3) is 0.300.